The molecule has 176 valence electrons. The van der Waals surface area contributed by atoms with Crippen LogP contribution in [0.2, 0.25) is 0 Å². The summed E-state index contributed by atoms with van der Waals surface area (Å²) >= 11 is 0. The summed E-state index contributed by atoms with van der Waals surface area (Å²) < 4.78 is 13.2. The van der Waals surface area contributed by atoms with Crippen molar-refractivity contribution in [2.24, 2.45) is 0 Å². The zero-order chi connectivity index (χ0) is 24.2. The normalized spacial score (nSPS) is 12.0. The minimum absolute atomic E-state index is 0.0693. The van der Waals surface area contributed by atoms with Crippen molar-refractivity contribution in [3.8, 4) is 5.75 Å². The Hall–Kier alpha value is -4.46. The molecule has 0 saturated heterocycles. The molecule has 5 rings (SSSR count). The molecule has 2 aromatic carbocycles. The lowest BCUT2D eigenvalue weighted by Crippen LogP contribution is -2.08. The van der Waals surface area contributed by atoms with Crippen LogP contribution in [0.4, 0.5) is 0 Å². The number of carboxylic acid groups (broad SMARTS) is 1. The Morgan fingerprint density at radius 2 is 1.97 bits per heavy atom. The number of hydrogen-bond acceptors (Lipinski definition) is 6. The maximum Gasteiger partial charge on any atom is 0.304 e. The molecule has 1 N–H and O–H groups in total. The standard InChI is InChI=1S/C27H24N4O4/c1-18-21(3-2-20-8-12-31(27(18)20)16-22-15-28-10-11-29-22)17-34-23-6-4-19(5-7-23)24(14-26(32)33)25-9-13-35-30-25/h2-13,15,24H,14,16-17H2,1H3,(H,32,33)/t24-/m0/s1. The molecule has 0 amide bonds. The number of hydrogen-bond donors (Lipinski definition) is 1. The highest BCUT2D eigenvalue weighted by atomic mass is 16.5. The topological polar surface area (TPSA) is 103 Å². The summed E-state index contributed by atoms with van der Waals surface area (Å²) in [5, 5.41) is 14.4. The fraction of sp³-hybridized carbons (Fsp3) is 0.185. The number of carbonyl (C=O) groups is 1. The van der Waals surface area contributed by atoms with Gasteiger partial charge in [0.2, 0.25) is 0 Å². The summed E-state index contributed by atoms with van der Waals surface area (Å²) in [7, 11) is 0. The summed E-state index contributed by atoms with van der Waals surface area (Å²) in [4.78, 5) is 19.9. The van der Waals surface area contributed by atoms with Crippen LogP contribution in [0.1, 0.15) is 40.4 Å². The van der Waals surface area contributed by atoms with Gasteiger partial charge < -0.3 is 18.9 Å². The molecule has 0 spiro atoms. The van der Waals surface area contributed by atoms with Crippen LogP contribution in [0.25, 0.3) is 10.9 Å². The Morgan fingerprint density at radius 3 is 2.69 bits per heavy atom. The number of aryl methyl sites for hydroxylation is 1. The third kappa shape index (κ3) is 4.91. The molecule has 0 bridgehead atoms. The van der Waals surface area contributed by atoms with Gasteiger partial charge in [0.15, 0.2) is 0 Å². The summed E-state index contributed by atoms with van der Waals surface area (Å²) in [5.41, 5.74) is 5.73. The Kier molecular flexibility index (Phi) is 6.26. The van der Waals surface area contributed by atoms with Crippen LogP contribution in [0.3, 0.4) is 0 Å². The van der Waals surface area contributed by atoms with Crippen LogP contribution in [0.5, 0.6) is 5.75 Å². The molecule has 8 heteroatoms. The third-order valence-electron chi connectivity index (χ3n) is 6.11. The number of benzene rings is 2. The molecule has 0 unspecified atom stereocenters. The highest BCUT2D eigenvalue weighted by Crippen LogP contribution is 2.29. The first-order valence-electron chi connectivity index (χ1n) is 11.3. The van der Waals surface area contributed by atoms with E-state index in [1.165, 1.54) is 6.26 Å². The maximum absolute atomic E-state index is 11.3. The molecule has 3 aromatic heterocycles. The van der Waals surface area contributed by atoms with E-state index in [4.69, 9.17) is 9.26 Å². The smallest absolute Gasteiger partial charge is 0.304 e. The van der Waals surface area contributed by atoms with E-state index in [0.29, 0.717) is 24.6 Å². The Labute approximate surface area is 201 Å². The van der Waals surface area contributed by atoms with Gasteiger partial charge in [-0.1, -0.05) is 29.4 Å². The number of rotatable bonds is 9. The van der Waals surface area contributed by atoms with Gasteiger partial charge in [-0.3, -0.25) is 14.8 Å². The van der Waals surface area contributed by atoms with Crippen molar-refractivity contribution in [2.75, 3.05) is 0 Å². The van der Waals surface area contributed by atoms with Gasteiger partial charge in [0, 0.05) is 30.6 Å². The van der Waals surface area contributed by atoms with Crippen molar-refractivity contribution in [1.82, 2.24) is 19.7 Å². The van der Waals surface area contributed by atoms with Gasteiger partial charge in [-0.2, -0.15) is 0 Å². The monoisotopic (exact) mass is 468 g/mol. The SMILES string of the molecule is Cc1c(COc2ccc([C@H](CC(=O)O)c3ccon3)cc2)ccc2ccn(Cc3cnccn3)c12. The van der Waals surface area contributed by atoms with Gasteiger partial charge in [-0.05, 0) is 47.2 Å². The van der Waals surface area contributed by atoms with E-state index in [-0.39, 0.29) is 12.3 Å². The zero-order valence-corrected chi connectivity index (χ0v) is 19.2. The van der Waals surface area contributed by atoms with Gasteiger partial charge in [0.25, 0.3) is 0 Å². The zero-order valence-electron chi connectivity index (χ0n) is 19.2. The number of fused-ring (bicyclic) bond motifs is 1. The van der Waals surface area contributed by atoms with Gasteiger partial charge in [0.05, 0.1) is 36.1 Å². The van der Waals surface area contributed by atoms with Crippen molar-refractivity contribution in [1.29, 1.82) is 0 Å². The third-order valence-corrected chi connectivity index (χ3v) is 6.11. The van der Waals surface area contributed by atoms with Crippen LogP contribution in [0.15, 0.2) is 84.1 Å². The van der Waals surface area contributed by atoms with Crippen LogP contribution in [-0.2, 0) is 17.9 Å². The summed E-state index contributed by atoms with van der Waals surface area (Å²) in [6, 6.07) is 15.4. The van der Waals surface area contributed by atoms with Crippen LogP contribution < -0.4 is 4.74 Å². The van der Waals surface area contributed by atoms with Crippen molar-refractivity contribution >= 4 is 16.9 Å². The number of aromatic nitrogens is 4. The first-order valence-corrected chi connectivity index (χ1v) is 11.3. The predicted molar refractivity (Wildman–Crippen MR) is 129 cm³/mol. The second-order valence-corrected chi connectivity index (χ2v) is 8.36. The average molecular weight is 469 g/mol. The minimum atomic E-state index is -0.895. The molecular weight excluding hydrogens is 444 g/mol. The van der Waals surface area contributed by atoms with Crippen molar-refractivity contribution < 1.29 is 19.2 Å². The first kappa shape index (κ1) is 22.3. The fourth-order valence-corrected chi connectivity index (χ4v) is 4.32. The van der Waals surface area contributed by atoms with Crippen LogP contribution >= 0.6 is 0 Å². The minimum Gasteiger partial charge on any atom is -0.489 e. The number of ether oxygens (including phenoxy) is 1. The molecule has 0 aliphatic heterocycles. The lowest BCUT2D eigenvalue weighted by atomic mass is 9.92. The van der Waals surface area contributed by atoms with E-state index >= 15 is 0 Å². The number of carboxylic acids is 1. The lowest BCUT2D eigenvalue weighted by molar-refractivity contribution is -0.137. The average Bonchev–Trinajstić information content (AvgIpc) is 3.54. The first-order chi connectivity index (χ1) is 17.1. The molecule has 1 atom stereocenters. The van der Waals surface area contributed by atoms with E-state index in [2.05, 4.69) is 51.0 Å². The molecule has 0 radical (unpaired) electrons. The van der Waals surface area contributed by atoms with E-state index in [0.717, 1.165) is 33.3 Å². The number of nitrogens with zero attached hydrogens (tertiary/aromatic N) is 4. The Balaban J connectivity index is 1.32. The van der Waals surface area contributed by atoms with Gasteiger partial charge in [-0.15, -0.1) is 0 Å². The maximum atomic E-state index is 11.3. The molecule has 0 aliphatic carbocycles. The van der Waals surface area contributed by atoms with Gasteiger partial charge in [0.1, 0.15) is 18.6 Å². The summed E-state index contributed by atoms with van der Waals surface area (Å²) in [6.45, 7) is 3.16. The van der Waals surface area contributed by atoms with E-state index < -0.39 is 5.97 Å². The Morgan fingerprint density at radius 1 is 1.11 bits per heavy atom. The number of aliphatic carboxylic acids is 1. The molecule has 3 heterocycles. The van der Waals surface area contributed by atoms with E-state index in [1.54, 1.807) is 24.7 Å². The molecule has 0 fully saturated rings. The molecule has 8 nitrogen and oxygen atoms in total. The molecule has 0 aliphatic rings. The predicted octanol–water partition coefficient (Wildman–Crippen LogP) is 4.96. The van der Waals surface area contributed by atoms with Crippen molar-refractivity contribution in [3.05, 3.63) is 108 Å². The molecule has 0 saturated carbocycles. The highest BCUT2D eigenvalue weighted by Gasteiger charge is 2.20. The van der Waals surface area contributed by atoms with Crippen molar-refractivity contribution in [2.45, 2.75) is 32.4 Å². The van der Waals surface area contributed by atoms with Gasteiger partial charge in [-0.25, -0.2) is 0 Å². The van der Waals surface area contributed by atoms with E-state index in [9.17, 15) is 9.90 Å². The quantitative estimate of drug-likeness (QED) is 0.326. The lowest BCUT2D eigenvalue weighted by Gasteiger charge is -2.15. The summed E-state index contributed by atoms with van der Waals surface area (Å²) in [5.74, 6) is -0.572. The Bertz CT molecular complexity index is 1430. The van der Waals surface area contributed by atoms with Gasteiger partial charge >= 0.3 is 5.97 Å². The van der Waals surface area contributed by atoms with E-state index in [1.807, 2.05) is 24.3 Å². The largest absolute Gasteiger partial charge is 0.489 e. The van der Waals surface area contributed by atoms with Crippen LogP contribution in [0, 0.1) is 6.92 Å². The highest BCUT2D eigenvalue weighted by molar-refractivity contribution is 5.84. The van der Waals surface area contributed by atoms with Crippen LogP contribution in [-0.4, -0.2) is 30.8 Å². The fourth-order valence-electron chi connectivity index (χ4n) is 4.32. The second kappa shape index (κ2) is 9.80. The molecular formula is C27H24N4O4. The van der Waals surface area contributed by atoms with Crippen molar-refractivity contribution in [3.63, 3.8) is 0 Å². The second-order valence-electron chi connectivity index (χ2n) is 8.36. The molecule has 35 heavy (non-hydrogen) atoms. The summed E-state index contributed by atoms with van der Waals surface area (Å²) in [6.07, 6.45) is 8.60. The molecule has 5 aromatic rings.